The van der Waals surface area contributed by atoms with Crippen molar-refractivity contribution < 1.29 is 9.53 Å². The van der Waals surface area contributed by atoms with Gasteiger partial charge in [-0.25, -0.2) is 4.98 Å². The first-order valence-corrected chi connectivity index (χ1v) is 7.71. The molecule has 0 atom stereocenters. The normalized spacial score (nSPS) is 10.6. The predicted octanol–water partition coefficient (Wildman–Crippen LogP) is 2.90. The molecule has 1 N–H and O–H groups in total. The summed E-state index contributed by atoms with van der Waals surface area (Å²) in [7, 11) is 3.25. The summed E-state index contributed by atoms with van der Waals surface area (Å²) < 4.78 is 5.24. The first kappa shape index (κ1) is 15.9. The minimum Gasteiger partial charge on any atom is -0.495 e. The van der Waals surface area contributed by atoms with Gasteiger partial charge in [0.2, 0.25) is 5.91 Å². The summed E-state index contributed by atoms with van der Waals surface area (Å²) in [5, 5.41) is 3.71. The van der Waals surface area contributed by atoms with Crippen LogP contribution in [-0.2, 0) is 11.2 Å². The lowest BCUT2D eigenvalue weighted by Gasteiger charge is -2.11. The number of aromatic nitrogens is 2. The molecule has 3 rings (SSSR count). The van der Waals surface area contributed by atoms with Gasteiger partial charge in [0, 0.05) is 24.2 Å². The lowest BCUT2D eigenvalue weighted by molar-refractivity contribution is -0.119. The Bertz CT molecular complexity index is 906. The highest BCUT2D eigenvalue weighted by molar-refractivity contribution is 5.91. The first-order valence-electron chi connectivity index (χ1n) is 7.71. The molecule has 0 spiro atoms. The summed E-state index contributed by atoms with van der Waals surface area (Å²) in [6.07, 6.45) is 3.73. The minimum absolute atomic E-state index is 0.0320. The third-order valence-electron chi connectivity index (χ3n) is 4.00. The quantitative estimate of drug-likeness (QED) is 0.802. The zero-order chi connectivity index (χ0) is 17.1. The number of methoxy groups -OCH3 is 1. The van der Waals surface area contributed by atoms with Gasteiger partial charge in [0.1, 0.15) is 5.75 Å². The molecule has 1 aromatic carbocycles. The number of aryl methyl sites for hydroxylation is 1. The van der Waals surface area contributed by atoms with Crippen molar-refractivity contribution in [1.29, 1.82) is 0 Å². The van der Waals surface area contributed by atoms with E-state index in [1.165, 1.54) is 0 Å². The summed E-state index contributed by atoms with van der Waals surface area (Å²) in [5.41, 5.74) is 4.56. The van der Waals surface area contributed by atoms with Gasteiger partial charge in [0.25, 0.3) is 0 Å². The van der Waals surface area contributed by atoms with Crippen molar-refractivity contribution in [3.05, 3.63) is 53.9 Å². The van der Waals surface area contributed by atoms with Crippen LogP contribution in [0.3, 0.4) is 0 Å². The third kappa shape index (κ3) is 3.06. The number of carbonyl (C=O) groups excluding carboxylic acids is 1. The minimum atomic E-state index is -0.0320. The summed E-state index contributed by atoms with van der Waals surface area (Å²) in [5.74, 6) is 0.654. The zero-order valence-corrected chi connectivity index (χ0v) is 14.0. The van der Waals surface area contributed by atoms with E-state index in [0.717, 1.165) is 33.3 Å². The molecule has 0 aliphatic heterocycles. The highest BCUT2D eigenvalue weighted by atomic mass is 16.5. The Labute approximate surface area is 140 Å². The number of pyridine rings is 2. The van der Waals surface area contributed by atoms with Crippen LogP contribution in [0.5, 0.6) is 5.75 Å². The van der Waals surface area contributed by atoms with Gasteiger partial charge < -0.3 is 10.1 Å². The molecule has 0 bridgehead atoms. The van der Waals surface area contributed by atoms with Crippen LogP contribution in [0.25, 0.3) is 22.2 Å². The molecule has 5 heteroatoms. The molecular weight excluding hydrogens is 302 g/mol. The van der Waals surface area contributed by atoms with E-state index in [1.54, 1.807) is 26.6 Å². The fourth-order valence-corrected chi connectivity index (χ4v) is 2.70. The number of hydrogen-bond acceptors (Lipinski definition) is 4. The number of nitrogens with zero attached hydrogens (tertiary/aromatic N) is 2. The number of para-hydroxylation sites is 1. The SMILES string of the molecule is CNC(=O)Cc1cccc2c(C)cc(-c3cncc(OC)c3)nc12. The standard InChI is InChI=1S/C19H19N3O2/c1-12-7-17(14-8-15(24-3)11-21-10-14)22-19-13(9-18(23)20-2)5-4-6-16(12)19/h4-8,10-11H,9H2,1-3H3,(H,20,23). The number of hydrogen-bond donors (Lipinski definition) is 1. The van der Waals surface area contributed by atoms with Gasteiger partial charge in [-0.15, -0.1) is 0 Å². The van der Waals surface area contributed by atoms with Crippen LogP contribution in [0, 0.1) is 6.92 Å². The number of rotatable bonds is 4. The van der Waals surface area contributed by atoms with Gasteiger partial charge in [-0.2, -0.15) is 0 Å². The van der Waals surface area contributed by atoms with Gasteiger partial charge >= 0.3 is 0 Å². The van der Waals surface area contributed by atoms with Gasteiger partial charge in [0.05, 0.1) is 30.9 Å². The Morgan fingerprint density at radius 2 is 2.08 bits per heavy atom. The highest BCUT2D eigenvalue weighted by Crippen LogP contribution is 2.27. The number of fused-ring (bicyclic) bond motifs is 1. The predicted molar refractivity (Wildman–Crippen MR) is 94.0 cm³/mol. The first-order chi connectivity index (χ1) is 11.6. The van der Waals surface area contributed by atoms with E-state index in [9.17, 15) is 4.79 Å². The van der Waals surface area contributed by atoms with Crippen LogP contribution in [0.15, 0.2) is 42.7 Å². The van der Waals surface area contributed by atoms with Crippen LogP contribution in [0.1, 0.15) is 11.1 Å². The molecule has 2 aromatic heterocycles. The Morgan fingerprint density at radius 1 is 1.25 bits per heavy atom. The van der Waals surface area contributed by atoms with Gasteiger partial charge in [-0.1, -0.05) is 18.2 Å². The van der Waals surface area contributed by atoms with Crippen LogP contribution in [0.2, 0.25) is 0 Å². The molecule has 1 amide bonds. The summed E-state index contributed by atoms with van der Waals surface area (Å²) in [4.78, 5) is 20.8. The lowest BCUT2D eigenvalue weighted by atomic mass is 10.0. The molecule has 0 aliphatic rings. The maximum atomic E-state index is 11.8. The monoisotopic (exact) mass is 321 g/mol. The molecule has 0 radical (unpaired) electrons. The molecule has 0 saturated heterocycles. The number of benzene rings is 1. The number of carbonyl (C=O) groups is 1. The molecular formula is C19H19N3O2. The maximum absolute atomic E-state index is 11.8. The van der Waals surface area contributed by atoms with Crippen molar-refractivity contribution >= 4 is 16.8 Å². The van der Waals surface area contributed by atoms with E-state index in [-0.39, 0.29) is 5.91 Å². The lowest BCUT2D eigenvalue weighted by Crippen LogP contribution is -2.20. The van der Waals surface area contributed by atoms with E-state index in [0.29, 0.717) is 12.2 Å². The Hall–Kier alpha value is -2.95. The van der Waals surface area contributed by atoms with Crippen molar-refractivity contribution in [3.8, 4) is 17.0 Å². The van der Waals surface area contributed by atoms with Crippen LogP contribution in [-0.4, -0.2) is 30.0 Å². The van der Waals surface area contributed by atoms with Crippen molar-refractivity contribution in [2.45, 2.75) is 13.3 Å². The average molecular weight is 321 g/mol. The second kappa shape index (κ2) is 6.66. The fraction of sp³-hybridized carbons (Fsp3) is 0.211. The van der Waals surface area contributed by atoms with Gasteiger partial charge in [0.15, 0.2) is 0 Å². The average Bonchev–Trinajstić information content (AvgIpc) is 2.62. The van der Waals surface area contributed by atoms with Crippen LogP contribution >= 0.6 is 0 Å². The number of likely N-dealkylation sites (N-methyl/N-ethyl adjacent to an activating group) is 1. The van der Waals surface area contributed by atoms with E-state index >= 15 is 0 Å². The van der Waals surface area contributed by atoms with E-state index in [1.807, 2.05) is 37.3 Å². The molecule has 5 nitrogen and oxygen atoms in total. The molecule has 0 unspecified atom stereocenters. The van der Waals surface area contributed by atoms with Crippen molar-refractivity contribution in [2.75, 3.05) is 14.2 Å². The largest absolute Gasteiger partial charge is 0.495 e. The second-order valence-electron chi connectivity index (χ2n) is 5.60. The molecule has 0 fully saturated rings. The summed E-state index contributed by atoms with van der Waals surface area (Å²) >= 11 is 0. The van der Waals surface area contributed by atoms with E-state index in [2.05, 4.69) is 10.3 Å². The third-order valence-corrected chi connectivity index (χ3v) is 4.00. The Balaban J connectivity index is 2.17. The van der Waals surface area contributed by atoms with Gasteiger partial charge in [-0.3, -0.25) is 9.78 Å². The second-order valence-corrected chi connectivity index (χ2v) is 5.60. The fourth-order valence-electron chi connectivity index (χ4n) is 2.70. The summed E-state index contributed by atoms with van der Waals surface area (Å²) in [6.45, 7) is 2.05. The van der Waals surface area contributed by atoms with Crippen LogP contribution < -0.4 is 10.1 Å². The Kier molecular flexibility index (Phi) is 4.42. The topological polar surface area (TPSA) is 64.1 Å². The molecule has 24 heavy (non-hydrogen) atoms. The highest BCUT2D eigenvalue weighted by Gasteiger charge is 2.11. The smallest absolute Gasteiger partial charge is 0.224 e. The molecule has 2 heterocycles. The summed E-state index contributed by atoms with van der Waals surface area (Å²) in [6, 6.07) is 9.86. The molecule has 122 valence electrons. The molecule has 3 aromatic rings. The number of nitrogens with one attached hydrogen (secondary N) is 1. The van der Waals surface area contributed by atoms with E-state index < -0.39 is 0 Å². The molecule has 0 aliphatic carbocycles. The van der Waals surface area contributed by atoms with Gasteiger partial charge in [-0.05, 0) is 30.2 Å². The number of amides is 1. The van der Waals surface area contributed by atoms with Crippen molar-refractivity contribution in [1.82, 2.24) is 15.3 Å². The zero-order valence-electron chi connectivity index (χ0n) is 14.0. The van der Waals surface area contributed by atoms with Crippen molar-refractivity contribution in [2.24, 2.45) is 0 Å². The molecule has 0 saturated carbocycles. The van der Waals surface area contributed by atoms with Crippen molar-refractivity contribution in [3.63, 3.8) is 0 Å². The maximum Gasteiger partial charge on any atom is 0.224 e. The number of ether oxygens (including phenoxy) is 1. The Morgan fingerprint density at radius 3 is 2.83 bits per heavy atom. The van der Waals surface area contributed by atoms with E-state index in [4.69, 9.17) is 9.72 Å². The van der Waals surface area contributed by atoms with Crippen LogP contribution in [0.4, 0.5) is 0 Å².